The zero-order valence-electron chi connectivity index (χ0n) is 15.8. The second-order valence-corrected chi connectivity index (χ2v) is 6.47. The molecule has 0 aromatic carbocycles. The third-order valence-electron chi connectivity index (χ3n) is 3.09. The van der Waals surface area contributed by atoms with Crippen LogP contribution < -0.4 is 14.8 Å². The molecule has 0 aliphatic carbocycles. The lowest BCUT2D eigenvalue weighted by Crippen LogP contribution is -2.29. The van der Waals surface area contributed by atoms with Gasteiger partial charge in [0.2, 0.25) is 0 Å². The summed E-state index contributed by atoms with van der Waals surface area (Å²) in [5, 5.41) is 8.88. The van der Waals surface area contributed by atoms with Gasteiger partial charge in [0.25, 0.3) is 1.43 Å². The molecular formula is C16H27NO4S. The zero-order chi connectivity index (χ0) is 18.2. The number of thiophene rings is 1. The summed E-state index contributed by atoms with van der Waals surface area (Å²) in [5.74, 6) is 1.17. The molecule has 0 bridgehead atoms. The molecule has 0 radical (unpaired) electrons. The van der Waals surface area contributed by atoms with Gasteiger partial charge in [0, 0.05) is 16.2 Å². The van der Waals surface area contributed by atoms with E-state index in [1.165, 1.54) is 0 Å². The van der Waals surface area contributed by atoms with E-state index in [9.17, 15) is 4.79 Å². The van der Waals surface area contributed by atoms with Crippen LogP contribution in [0.15, 0.2) is 10.8 Å². The Labute approximate surface area is 139 Å². The van der Waals surface area contributed by atoms with E-state index < -0.39 is 12.0 Å². The molecule has 1 fully saturated rings. The second kappa shape index (κ2) is 9.00. The van der Waals surface area contributed by atoms with Crippen LogP contribution in [0.5, 0.6) is 11.5 Å². The van der Waals surface area contributed by atoms with Gasteiger partial charge in [0.05, 0.1) is 13.2 Å². The molecule has 5 nitrogen and oxygen atoms in total. The van der Waals surface area contributed by atoms with Gasteiger partial charge >= 0.3 is 5.97 Å². The van der Waals surface area contributed by atoms with Gasteiger partial charge in [-0.25, -0.2) is 0 Å². The van der Waals surface area contributed by atoms with E-state index in [2.05, 4.69) is 19.0 Å². The molecule has 0 unspecified atom stereocenters. The highest BCUT2D eigenvalue weighted by molar-refractivity contribution is 7.08. The normalized spacial score (nSPS) is 23.5. The predicted molar refractivity (Wildman–Crippen MR) is 89.1 cm³/mol. The lowest BCUT2D eigenvalue weighted by atomic mass is 9.97. The highest BCUT2D eigenvalue weighted by Gasteiger charge is 2.25. The molecule has 2 N–H and O–H groups in total. The van der Waals surface area contributed by atoms with Gasteiger partial charge in [-0.3, -0.25) is 4.79 Å². The minimum Gasteiger partial charge on any atom is -0.488 e. The fraction of sp³-hybridized carbons (Fsp3) is 0.688. The van der Waals surface area contributed by atoms with E-state index >= 15 is 0 Å². The van der Waals surface area contributed by atoms with Gasteiger partial charge in [0.1, 0.15) is 7.45 Å². The first-order valence-corrected chi connectivity index (χ1v) is 8.61. The maximum absolute atomic E-state index is 10.7. The largest absolute Gasteiger partial charge is 0.488 e. The first-order valence-electron chi connectivity index (χ1n) is 8.53. The first-order chi connectivity index (χ1) is 11.4. The summed E-state index contributed by atoms with van der Waals surface area (Å²) >= 11 is 1.61. The fourth-order valence-corrected chi connectivity index (χ4v) is 2.57. The number of carboxylic acids is 1. The predicted octanol–water partition coefficient (Wildman–Crippen LogP) is 3.39. The van der Waals surface area contributed by atoms with Crippen molar-refractivity contribution in [3.8, 4) is 11.5 Å². The lowest BCUT2D eigenvalue weighted by molar-refractivity contribution is -0.139. The van der Waals surface area contributed by atoms with Crippen LogP contribution in [-0.2, 0) is 4.79 Å². The van der Waals surface area contributed by atoms with Crippen LogP contribution in [0.25, 0.3) is 1.43 Å². The number of carbonyl (C=O) groups is 1. The van der Waals surface area contributed by atoms with Crippen molar-refractivity contribution in [3.63, 3.8) is 0 Å². The van der Waals surface area contributed by atoms with E-state index in [1.807, 2.05) is 24.6 Å². The number of carboxylic acid groups (broad SMARTS) is 1. The molecule has 3 rings (SSSR count). The Morgan fingerprint density at radius 2 is 2.05 bits per heavy atom. The van der Waals surface area contributed by atoms with Crippen molar-refractivity contribution >= 4 is 17.3 Å². The molecular weight excluding hydrogens is 302 g/mol. The Morgan fingerprint density at radius 3 is 2.50 bits per heavy atom. The summed E-state index contributed by atoms with van der Waals surface area (Å²) in [6.07, 6.45) is 1.48. The van der Waals surface area contributed by atoms with Crippen molar-refractivity contribution in [2.75, 3.05) is 19.8 Å². The number of ether oxygens (including phenoxy) is 2. The summed E-state index contributed by atoms with van der Waals surface area (Å²) in [4.78, 5) is 10.7. The SMILES string of the molecule is CC.CC1(C)COc2cscc2OC1.[2H]N1CCC[C@H]1C(=O)O[3H]. The first kappa shape index (κ1) is 15.6. The van der Waals surface area contributed by atoms with E-state index in [-0.39, 0.29) is 5.41 Å². The maximum atomic E-state index is 10.7. The topological polar surface area (TPSA) is 67.8 Å². The molecule has 1 saturated heterocycles. The van der Waals surface area contributed by atoms with E-state index in [0.29, 0.717) is 13.0 Å². The van der Waals surface area contributed by atoms with Crippen LogP contribution in [0, 0.1) is 5.41 Å². The molecule has 1 aromatic rings. The smallest absolute Gasteiger partial charge is 0.320 e. The van der Waals surface area contributed by atoms with E-state index in [1.54, 1.807) is 11.3 Å². The molecule has 2 aliphatic heterocycles. The molecule has 1 aromatic heterocycles. The van der Waals surface area contributed by atoms with Gasteiger partial charge in [0.15, 0.2) is 11.5 Å². The average Bonchev–Trinajstić information content (AvgIpc) is 3.19. The maximum Gasteiger partial charge on any atom is 0.320 e. The summed E-state index contributed by atoms with van der Waals surface area (Å²) < 4.78 is 24.7. The van der Waals surface area contributed by atoms with Crippen molar-refractivity contribution in [2.24, 2.45) is 5.41 Å². The monoisotopic (exact) mass is 332 g/mol. The summed E-state index contributed by atoms with van der Waals surface area (Å²) in [6.45, 7) is 10.3. The van der Waals surface area contributed by atoms with Crippen LogP contribution in [0.4, 0.5) is 0 Å². The zero-order valence-corrected chi connectivity index (χ0v) is 14.6. The average molecular weight is 332 g/mol. The van der Waals surface area contributed by atoms with Gasteiger partial charge < -0.3 is 19.9 Å². The fourth-order valence-electron chi connectivity index (χ4n) is 1.89. The molecule has 0 spiro atoms. The number of hydrogen-bond donors (Lipinski definition) is 2. The van der Waals surface area contributed by atoms with Crippen molar-refractivity contribution < 1.29 is 20.8 Å². The second-order valence-electron chi connectivity index (χ2n) is 5.73. The molecule has 3 heterocycles. The third kappa shape index (κ3) is 5.85. The quantitative estimate of drug-likeness (QED) is 0.825. The number of aliphatic carboxylic acids is 1. The van der Waals surface area contributed by atoms with Crippen LogP contribution in [0.1, 0.15) is 40.5 Å². The van der Waals surface area contributed by atoms with Gasteiger partial charge in [-0.05, 0) is 19.4 Å². The third-order valence-corrected chi connectivity index (χ3v) is 3.79. The number of hydrogen-bond acceptors (Lipinski definition) is 6. The Balaban J connectivity index is 0.000000221. The van der Waals surface area contributed by atoms with Crippen LogP contribution in [0.3, 0.4) is 0 Å². The van der Waals surface area contributed by atoms with Crippen molar-refractivity contribution in [2.45, 2.75) is 46.6 Å². The number of rotatable bonds is 1. The highest BCUT2D eigenvalue weighted by atomic mass is 32.1. The van der Waals surface area contributed by atoms with E-state index in [0.717, 1.165) is 36.4 Å². The minimum atomic E-state index is -0.618. The molecule has 0 amide bonds. The van der Waals surface area contributed by atoms with Crippen molar-refractivity contribution in [1.82, 2.24) is 5.31 Å². The Kier molecular flexibility index (Phi) is 6.39. The van der Waals surface area contributed by atoms with Gasteiger partial charge in [-0.1, -0.05) is 27.7 Å². The summed E-state index contributed by atoms with van der Waals surface area (Å²) in [6, 6.07) is -0.502. The molecule has 0 saturated carbocycles. The lowest BCUT2D eigenvalue weighted by Gasteiger charge is -2.19. The number of fused-ring (bicyclic) bond motifs is 1. The molecule has 22 heavy (non-hydrogen) atoms. The summed E-state index contributed by atoms with van der Waals surface area (Å²) in [5.41, 5.74) is 0.122. The molecule has 6 heteroatoms. The minimum absolute atomic E-state index is 0.122. The molecule has 1 atom stereocenters. The summed E-state index contributed by atoms with van der Waals surface area (Å²) in [7, 11) is 0. The Hall–Kier alpha value is -1.27. The van der Waals surface area contributed by atoms with E-state index in [4.69, 9.17) is 12.3 Å². The van der Waals surface area contributed by atoms with Crippen molar-refractivity contribution in [1.29, 1.82) is 1.43 Å². The van der Waals surface area contributed by atoms with Gasteiger partial charge in [-0.2, -0.15) is 0 Å². The molecule has 2 aliphatic rings. The Bertz CT molecular complexity index is 486. The van der Waals surface area contributed by atoms with Crippen LogP contribution in [0.2, 0.25) is 1.41 Å². The molecule has 126 valence electrons. The van der Waals surface area contributed by atoms with Crippen LogP contribution >= 0.6 is 11.3 Å². The van der Waals surface area contributed by atoms with Crippen molar-refractivity contribution in [3.05, 3.63) is 10.8 Å². The van der Waals surface area contributed by atoms with Gasteiger partial charge in [-0.15, -0.1) is 11.3 Å². The Morgan fingerprint density at radius 1 is 1.45 bits per heavy atom. The highest BCUT2D eigenvalue weighted by Crippen LogP contribution is 2.36. The standard InChI is InChI=1S/C9H12O2S.C5H9NO2.C2H6/c1-9(2)5-10-7-3-12-4-8(7)11-6-9;7-5(8)4-2-1-3-6-4;1-2/h3-4H,5-6H2,1-2H3;4,6H,1-3H2,(H,7,8);1-2H3/t;4-;/m.0./s1/i/hTD. The number of nitrogens with one attached hydrogen (secondary N) is 1. The van der Waals surface area contributed by atoms with Crippen LogP contribution in [-0.4, -0.2) is 36.9 Å².